The second-order valence-corrected chi connectivity index (χ2v) is 16.2. The molecule has 0 aliphatic carbocycles. The van der Waals surface area contributed by atoms with Crippen molar-refractivity contribution in [1.82, 2.24) is 0 Å². The van der Waals surface area contributed by atoms with E-state index in [9.17, 15) is 0 Å². The van der Waals surface area contributed by atoms with Gasteiger partial charge >= 0.3 is 0 Å². The van der Waals surface area contributed by atoms with Crippen molar-refractivity contribution >= 4 is 81.3 Å². The van der Waals surface area contributed by atoms with Crippen molar-refractivity contribution in [2.24, 2.45) is 0 Å². The number of hydrogen-bond acceptors (Lipinski definition) is 3. The molecule has 0 aliphatic heterocycles. The summed E-state index contributed by atoms with van der Waals surface area (Å²) < 4.78 is 51.0. The van der Waals surface area contributed by atoms with Gasteiger partial charge in [-0.2, -0.15) is 0 Å². The SMILES string of the molecule is [2H]c1c([2H])c([2H])c(-c2ccc(-c3ccc(N(c4ccc(-c5cccc6oc7ccccc7c56)cc4)c4cccc5c4sc4c(-c6ccccc6)cccc45)cc3)c3ccccc23)c([2H])c1[2H]. The molecule has 286 valence electrons. The summed E-state index contributed by atoms with van der Waals surface area (Å²) in [6.45, 7) is 0. The lowest BCUT2D eigenvalue weighted by atomic mass is 9.92. The van der Waals surface area contributed by atoms with Crippen molar-refractivity contribution < 1.29 is 11.3 Å². The number of benzene rings is 10. The molecule has 0 unspecified atom stereocenters. The van der Waals surface area contributed by atoms with Crippen LogP contribution in [0.2, 0.25) is 0 Å². The Morgan fingerprint density at radius 2 is 0.885 bits per heavy atom. The van der Waals surface area contributed by atoms with Crippen LogP contribution in [0.15, 0.2) is 229 Å². The lowest BCUT2D eigenvalue weighted by Gasteiger charge is -2.26. The molecule has 0 saturated carbocycles. The van der Waals surface area contributed by atoms with Gasteiger partial charge in [0.25, 0.3) is 0 Å². The molecule has 2 heterocycles. The fourth-order valence-electron chi connectivity index (χ4n) is 9.00. The molecule has 12 rings (SSSR count). The van der Waals surface area contributed by atoms with Crippen LogP contribution < -0.4 is 4.90 Å². The Morgan fingerprint density at radius 3 is 1.61 bits per heavy atom. The average molecular weight is 801 g/mol. The van der Waals surface area contributed by atoms with Crippen molar-refractivity contribution in [2.75, 3.05) is 4.90 Å². The van der Waals surface area contributed by atoms with Crippen molar-refractivity contribution in [3.63, 3.8) is 0 Å². The van der Waals surface area contributed by atoms with Crippen molar-refractivity contribution in [3.05, 3.63) is 224 Å². The molecule has 0 bridgehead atoms. The number of hydrogen-bond donors (Lipinski definition) is 0. The number of para-hydroxylation sites is 1. The zero-order valence-corrected chi connectivity index (χ0v) is 33.6. The zero-order chi connectivity index (χ0) is 44.6. The molecule has 0 spiro atoms. The van der Waals surface area contributed by atoms with E-state index in [0.717, 1.165) is 72.0 Å². The van der Waals surface area contributed by atoms with Crippen LogP contribution in [0.3, 0.4) is 0 Å². The van der Waals surface area contributed by atoms with Crippen LogP contribution >= 0.6 is 11.3 Å². The molecule has 0 saturated heterocycles. The van der Waals surface area contributed by atoms with Crippen LogP contribution in [0.1, 0.15) is 6.85 Å². The predicted octanol–water partition coefficient (Wildman–Crippen LogP) is 17.2. The molecule has 2 nitrogen and oxygen atoms in total. The Balaban J connectivity index is 1.01. The van der Waals surface area contributed by atoms with E-state index in [0.29, 0.717) is 5.56 Å². The lowest BCUT2D eigenvalue weighted by Crippen LogP contribution is -2.10. The summed E-state index contributed by atoms with van der Waals surface area (Å²) in [5, 5.41) is 6.36. The largest absolute Gasteiger partial charge is 0.456 e. The molecule has 2 aromatic heterocycles. The van der Waals surface area contributed by atoms with Gasteiger partial charge in [-0.3, -0.25) is 0 Å². The highest BCUT2D eigenvalue weighted by molar-refractivity contribution is 7.27. The van der Waals surface area contributed by atoms with Crippen LogP contribution in [0.5, 0.6) is 0 Å². The number of fused-ring (bicyclic) bond motifs is 7. The van der Waals surface area contributed by atoms with Crippen LogP contribution in [-0.4, -0.2) is 0 Å². The smallest absolute Gasteiger partial charge is 0.136 e. The molecule has 0 amide bonds. The van der Waals surface area contributed by atoms with Crippen molar-refractivity contribution in [1.29, 1.82) is 0 Å². The van der Waals surface area contributed by atoms with Gasteiger partial charge in [0.2, 0.25) is 0 Å². The summed E-state index contributed by atoms with van der Waals surface area (Å²) in [6.07, 6.45) is 0. The molecule has 61 heavy (non-hydrogen) atoms. The van der Waals surface area contributed by atoms with Gasteiger partial charge < -0.3 is 9.32 Å². The first-order chi connectivity index (χ1) is 32.3. The monoisotopic (exact) mass is 800 g/mol. The van der Waals surface area contributed by atoms with Crippen LogP contribution in [0, 0.1) is 0 Å². The third kappa shape index (κ3) is 5.93. The molecule has 0 radical (unpaired) electrons. The fourth-order valence-corrected chi connectivity index (χ4v) is 10.3. The topological polar surface area (TPSA) is 16.4 Å². The summed E-state index contributed by atoms with van der Waals surface area (Å²) in [6, 6.07) is 65.9. The Bertz CT molecular complexity index is 3850. The Kier molecular flexibility index (Phi) is 7.23. The number of rotatable bonds is 7. The molecular weight excluding hydrogens is 759 g/mol. The number of furan rings is 1. The summed E-state index contributed by atoms with van der Waals surface area (Å²) in [4.78, 5) is 2.35. The molecule has 0 aliphatic rings. The second kappa shape index (κ2) is 14.5. The van der Waals surface area contributed by atoms with Gasteiger partial charge in [0.05, 0.1) is 17.2 Å². The maximum absolute atomic E-state index is 8.73. The Morgan fingerprint density at radius 1 is 0.361 bits per heavy atom. The first kappa shape index (κ1) is 30.3. The highest BCUT2D eigenvalue weighted by Crippen LogP contribution is 2.48. The van der Waals surface area contributed by atoms with E-state index in [1.54, 1.807) is 0 Å². The summed E-state index contributed by atoms with van der Waals surface area (Å²) in [7, 11) is 0. The number of anilines is 3. The van der Waals surface area contributed by atoms with E-state index in [-0.39, 0.29) is 29.7 Å². The van der Waals surface area contributed by atoms with Gasteiger partial charge in [0.1, 0.15) is 11.2 Å². The third-order valence-electron chi connectivity index (χ3n) is 11.8. The van der Waals surface area contributed by atoms with Crippen LogP contribution in [-0.2, 0) is 0 Å². The van der Waals surface area contributed by atoms with Gasteiger partial charge in [-0.05, 0) is 97.7 Å². The van der Waals surface area contributed by atoms with Gasteiger partial charge in [0, 0.05) is 37.6 Å². The van der Waals surface area contributed by atoms with E-state index in [1.165, 1.54) is 31.3 Å². The summed E-state index contributed by atoms with van der Waals surface area (Å²) in [5.41, 5.74) is 12.2. The number of nitrogens with zero attached hydrogens (tertiary/aromatic N) is 1. The third-order valence-corrected chi connectivity index (χ3v) is 13.1. The first-order valence-corrected chi connectivity index (χ1v) is 21.2. The molecule has 12 aromatic rings. The van der Waals surface area contributed by atoms with Gasteiger partial charge in [-0.1, -0.05) is 182 Å². The molecule has 10 aromatic carbocycles. The zero-order valence-electron chi connectivity index (χ0n) is 37.7. The van der Waals surface area contributed by atoms with E-state index in [4.69, 9.17) is 11.3 Å². The molecule has 0 fully saturated rings. The highest BCUT2D eigenvalue weighted by Gasteiger charge is 2.21. The van der Waals surface area contributed by atoms with E-state index >= 15 is 0 Å². The summed E-state index contributed by atoms with van der Waals surface area (Å²) in [5.74, 6) is 0. The van der Waals surface area contributed by atoms with E-state index in [1.807, 2.05) is 65.9 Å². The quantitative estimate of drug-likeness (QED) is 0.160. The Labute approximate surface area is 364 Å². The minimum atomic E-state index is -0.402. The number of thiophene rings is 1. The predicted molar refractivity (Wildman–Crippen MR) is 261 cm³/mol. The first-order valence-electron chi connectivity index (χ1n) is 22.8. The molecule has 0 atom stereocenters. The maximum atomic E-state index is 8.73. The molecule has 0 N–H and O–H groups in total. The van der Waals surface area contributed by atoms with Crippen molar-refractivity contribution in [3.8, 4) is 44.5 Å². The van der Waals surface area contributed by atoms with Crippen molar-refractivity contribution in [2.45, 2.75) is 0 Å². The van der Waals surface area contributed by atoms with Gasteiger partial charge in [-0.25, -0.2) is 0 Å². The Hall–Kier alpha value is -7.72. The lowest BCUT2D eigenvalue weighted by molar-refractivity contribution is 0.669. The minimum absolute atomic E-state index is 0.196. The van der Waals surface area contributed by atoms with Gasteiger partial charge in [0.15, 0.2) is 0 Å². The highest BCUT2D eigenvalue weighted by atomic mass is 32.1. The molecule has 3 heteroatoms. The standard InChI is InChI=1S/C58H37NOS/c1-3-14-38(15-4-1)44-36-37-45(49-19-8-7-18-48(44)49)40-28-32-42(33-29-40)59(43-34-30-41(31-35-43)46-21-13-27-55-56(46)52-20-9-10-26-54(52)60-55)53-25-12-24-51-50-23-11-22-47(57(50)61-58(51)53)39-16-5-2-6-17-39/h1-37H/i1D,3D,4D,14D,15D. The summed E-state index contributed by atoms with van der Waals surface area (Å²) >= 11 is 1.82. The minimum Gasteiger partial charge on any atom is -0.456 e. The normalized spacial score (nSPS) is 12.8. The van der Waals surface area contributed by atoms with Crippen LogP contribution in [0.4, 0.5) is 17.1 Å². The fraction of sp³-hybridized carbons (Fsp3) is 0. The van der Waals surface area contributed by atoms with Gasteiger partial charge in [-0.15, -0.1) is 11.3 Å². The van der Waals surface area contributed by atoms with Crippen LogP contribution in [0.25, 0.3) is 97.4 Å². The molecular formula is C58H37NOS. The second-order valence-electron chi connectivity index (χ2n) is 15.2. The van der Waals surface area contributed by atoms with E-state index < -0.39 is 6.04 Å². The average Bonchev–Trinajstić information content (AvgIpc) is 3.95. The maximum Gasteiger partial charge on any atom is 0.136 e. The van der Waals surface area contributed by atoms with E-state index in [2.05, 4.69) is 144 Å².